The number of hydrogen-bond acceptors (Lipinski definition) is 0. The van der Waals surface area contributed by atoms with Crippen molar-refractivity contribution in [3.63, 3.8) is 0 Å². The molecule has 0 bridgehead atoms. The predicted octanol–water partition coefficient (Wildman–Crippen LogP) is 3.25. The van der Waals surface area contributed by atoms with Crippen LogP contribution >= 0.6 is 29.0 Å². The summed E-state index contributed by atoms with van der Waals surface area (Å²) < 4.78 is 0. The SMILES string of the molecule is CP=P(C)=P(C)(N)PC. The zero-order chi connectivity index (χ0) is 7.49. The minimum atomic E-state index is -0.934. The van der Waals surface area contributed by atoms with Crippen LogP contribution in [0.4, 0.5) is 0 Å². The van der Waals surface area contributed by atoms with Crippen molar-refractivity contribution >= 4 is 29.0 Å². The molecule has 0 rings (SSSR count). The van der Waals surface area contributed by atoms with Crippen LogP contribution in [0.5, 0.6) is 0 Å². The summed E-state index contributed by atoms with van der Waals surface area (Å²) in [4.78, 5) is 0. The van der Waals surface area contributed by atoms with Crippen LogP contribution in [0, 0.1) is 0 Å². The van der Waals surface area contributed by atoms with Gasteiger partial charge in [-0.25, -0.2) is 0 Å². The van der Waals surface area contributed by atoms with E-state index in [1.807, 2.05) is 0 Å². The minimum absolute atomic E-state index is 0.152. The van der Waals surface area contributed by atoms with Crippen molar-refractivity contribution in [1.82, 2.24) is 0 Å². The molecule has 0 aliphatic heterocycles. The quantitative estimate of drug-likeness (QED) is 0.647. The fourth-order valence-corrected chi connectivity index (χ4v) is 13.8. The third-order valence-corrected chi connectivity index (χ3v) is 23.1. The zero-order valence-corrected chi connectivity index (χ0v) is 10.1. The van der Waals surface area contributed by atoms with Crippen molar-refractivity contribution in [3.8, 4) is 0 Å². The highest BCUT2D eigenvalue weighted by Crippen LogP contribution is 2.65. The minimum Gasteiger partial charge on any atom is -0.305 e. The summed E-state index contributed by atoms with van der Waals surface area (Å²) in [6.45, 7) is 9.20. The molecule has 56 valence electrons. The lowest BCUT2D eigenvalue weighted by Gasteiger charge is -2.11. The van der Waals surface area contributed by atoms with Gasteiger partial charge in [0, 0.05) is 0 Å². The molecule has 5 heteroatoms. The van der Waals surface area contributed by atoms with Crippen LogP contribution in [0.3, 0.4) is 0 Å². The summed E-state index contributed by atoms with van der Waals surface area (Å²) in [7, 11) is 2.50. The average Bonchev–Trinajstić information content (AvgIpc) is 1.86. The highest BCUT2D eigenvalue weighted by molar-refractivity contribution is 8.48. The Kier molecular flexibility index (Phi) is 5.01. The Balaban J connectivity index is 4.87. The van der Waals surface area contributed by atoms with Crippen LogP contribution in [0.15, 0.2) is 0 Å². The molecule has 9 heavy (non-hydrogen) atoms. The summed E-state index contributed by atoms with van der Waals surface area (Å²) in [6.07, 6.45) is -0.934. The Morgan fingerprint density at radius 2 is 2.11 bits per heavy atom. The van der Waals surface area contributed by atoms with Gasteiger partial charge in [-0.2, -0.15) is 0 Å². The van der Waals surface area contributed by atoms with Gasteiger partial charge >= 0.3 is 0 Å². The Morgan fingerprint density at radius 1 is 1.67 bits per heavy atom. The molecule has 0 aliphatic carbocycles. The van der Waals surface area contributed by atoms with Crippen molar-refractivity contribution in [1.29, 1.82) is 0 Å². The molecule has 0 heterocycles. The van der Waals surface area contributed by atoms with Crippen LogP contribution in [-0.4, -0.2) is 26.7 Å². The molecular formula is C4H15NP4. The largest absolute Gasteiger partial charge is 0.305 e. The molecular weight excluding hydrogens is 186 g/mol. The number of hydrogen-bond donors (Lipinski definition) is 1. The van der Waals surface area contributed by atoms with E-state index in [2.05, 4.69) is 26.7 Å². The van der Waals surface area contributed by atoms with Gasteiger partial charge in [-0.15, -0.1) is 0 Å². The molecule has 0 radical (unpaired) electrons. The van der Waals surface area contributed by atoms with E-state index in [1.54, 1.807) is 0 Å². The normalized spacial score (nSPS) is 20.8. The molecule has 0 aliphatic rings. The van der Waals surface area contributed by atoms with Gasteiger partial charge in [0.15, 0.2) is 0 Å². The lowest BCUT2D eigenvalue weighted by molar-refractivity contribution is 1.96. The Hall–Kier alpha value is 1.42. The first-order valence-electron chi connectivity index (χ1n) is 2.72. The lowest BCUT2D eigenvalue weighted by Crippen LogP contribution is -1.80. The van der Waals surface area contributed by atoms with Crippen LogP contribution in [0.1, 0.15) is 0 Å². The van der Waals surface area contributed by atoms with E-state index in [4.69, 9.17) is 5.50 Å². The molecule has 0 fully saturated rings. The van der Waals surface area contributed by atoms with Gasteiger partial charge in [-0.1, -0.05) is 22.6 Å². The first kappa shape index (κ1) is 10.4. The van der Waals surface area contributed by atoms with Gasteiger partial charge in [0.2, 0.25) is 0 Å². The van der Waals surface area contributed by atoms with Crippen LogP contribution in [0.2, 0.25) is 0 Å². The van der Waals surface area contributed by atoms with Crippen molar-refractivity contribution < 1.29 is 0 Å². The van der Waals surface area contributed by atoms with Gasteiger partial charge in [-0.05, 0) is 33.0 Å². The molecule has 2 N–H and O–H groups in total. The second kappa shape index (κ2) is 4.33. The van der Waals surface area contributed by atoms with Crippen molar-refractivity contribution in [2.24, 2.45) is 5.50 Å². The second-order valence-electron chi connectivity index (χ2n) is 1.94. The molecule has 0 spiro atoms. The van der Waals surface area contributed by atoms with Crippen LogP contribution in [0.25, 0.3) is 0 Å². The van der Waals surface area contributed by atoms with E-state index in [9.17, 15) is 0 Å². The van der Waals surface area contributed by atoms with Gasteiger partial charge in [0.25, 0.3) is 0 Å². The van der Waals surface area contributed by atoms with E-state index in [0.717, 1.165) is 8.27 Å². The first-order chi connectivity index (χ1) is 4.04. The predicted molar refractivity (Wildman–Crippen MR) is 57.0 cm³/mol. The first-order valence-corrected chi connectivity index (χ1v) is 11.9. The molecule has 3 unspecified atom stereocenters. The molecule has 0 aromatic carbocycles. The fraction of sp³-hybridized carbons (Fsp3) is 1.00. The fourth-order valence-electron chi connectivity index (χ4n) is 0.331. The highest BCUT2D eigenvalue weighted by atomic mass is 32.4. The Bertz CT molecular complexity index is 183. The van der Waals surface area contributed by atoms with E-state index >= 15 is 0 Å². The molecule has 0 saturated heterocycles. The van der Waals surface area contributed by atoms with Crippen LogP contribution in [-0.2, 0) is 0 Å². The molecule has 1 nitrogen and oxygen atoms in total. The summed E-state index contributed by atoms with van der Waals surface area (Å²) in [5.74, 6) is 0. The van der Waals surface area contributed by atoms with Gasteiger partial charge < -0.3 is 5.50 Å². The zero-order valence-electron chi connectivity index (χ0n) is 6.42. The maximum atomic E-state index is 6.12. The summed E-state index contributed by atoms with van der Waals surface area (Å²) in [5, 5.41) is 0. The van der Waals surface area contributed by atoms with E-state index in [0.29, 0.717) is 0 Å². The number of rotatable bonds is 1. The standard InChI is InChI=1S/C4H15NP4/c1-6-8(3)9(4,5)7-2/h7H,5H2,1-4H3. The summed E-state index contributed by atoms with van der Waals surface area (Å²) in [5.41, 5.74) is 6.12. The van der Waals surface area contributed by atoms with E-state index in [-0.39, 0.29) is 6.50 Å². The maximum Gasteiger partial charge on any atom is -0.0144 e. The van der Waals surface area contributed by atoms with E-state index in [1.165, 1.54) is 7.87 Å². The molecule has 0 amide bonds. The summed E-state index contributed by atoms with van der Waals surface area (Å²) in [6, 6.07) is 0. The average molecular weight is 201 g/mol. The Labute approximate surface area is 61.7 Å². The monoisotopic (exact) mass is 201 g/mol. The molecule has 0 aromatic rings. The van der Waals surface area contributed by atoms with Gasteiger partial charge in [0.05, 0.1) is 0 Å². The maximum absolute atomic E-state index is 6.12. The molecule has 3 atom stereocenters. The van der Waals surface area contributed by atoms with Gasteiger partial charge in [0.1, 0.15) is 0 Å². The van der Waals surface area contributed by atoms with Crippen molar-refractivity contribution in [2.45, 2.75) is 0 Å². The molecule has 0 saturated carbocycles. The van der Waals surface area contributed by atoms with E-state index < -0.39 is 6.39 Å². The molecule has 0 aromatic heterocycles. The summed E-state index contributed by atoms with van der Waals surface area (Å²) >= 11 is 0. The topological polar surface area (TPSA) is 26.0 Å². The number of nitrogens with two attached hydrogens (primary N) is 1. The van der Waals surface area contributed by atoms with Crippen LogP contribution < -0.4 is 5.50 Å². The Morgan fingerprint density at radius 3 is 2.22 bits per heavy atom. The van der Waals surface area contributed by atoms with Gasteiger partial charge in [-0.3, -0.25) is 0 Å². The highest BCUT2D eigenvalue weighted by Gasteiger charge is 1.98. The second-order valence-corrected chi connectivity index (χ2v) is 19.3. The lowest BCUT2D eigenvalue weighted by atomic mass is 12.0. The third kappa shape index (κ3) is 3.36. The third-order valence-electron chi connectivity index (χ3n) is 1.34. The van der Waals surface area contributed by atoms with Crippen molar-refractivity contribution in [2.75, 3.05) is 26.7 Å². The smallest absolute Gasteiger partial charge is 0.0144 e. The van der Waals surface area contributed by atoms with Crippen molar-refractivity contribution in [3.05, 3.63) is 0 Å².